The van der Waals surface area contributed by atoms with E-state index in [0.29, 0.717) is 10.0 Å². The monoisotopic (exact) mass is 522 g/mol. The van der Waals surface area contributed by atoms with E-state index < -0.39 is 22.5 Å². The lowest BCUT2D eigenvalue weighted by Crippen LogP contribution is -2.39. The predicted molar refractivity (Wildman–Crippen MR) is 136 cm³/mol. The molecule has 0 aliphatic carbocycles. The maximum Gasteiger partial charge on any atom is 0.260 e. The van der Waals surface area contributed by atoms with Gasteiger partial charge in [0.1, 0.15) is 12.3 Å². The summed E-state index contributed by atoms with van der Waals surface area (Å²) in [6, 6.07) is 13.9. The van der Waals surface area contributed by atoms with Crippen LogP contribution in [0.5, 0.6) is 5.75 Å². The molecule has 3 aromatic rings. The van der Waals surface area contributed by atoms with Gasteiger partial charge in [-0.3, -0.25) is 9.10 Å². The van der Waals surface area contributed by atoms with Crippen molar-refractivity contribution in [1.82, 2.24) is 9.99 Å². The fraction of sp³-hybridized carbons (Fsp3) is 0.217. The zero-order chi connectivity index (χ0) is 25.0. The third-order valence-electron chi connectivity index (χ3n) is 5.05. The van der Waals surface area contributed by atoms with Gasteiger partial charge in [0.25, 0.3) is 5.91 Å². The van der Waals surface area contributed by atoms with E-state index in [1.807, 2.05) is 48.7 Å². The molecule has 0 aliphatic rings. The Hall–Kier alpha value is -3.01. The van der Waals surface area contributed by atoms with Gasteiger partial charge in [0.15, 0.2) is 0 Å². The second-order valence-corrected chi connectivity index (χ2v) is 10.3. The highest BCUT2D eigenvalue weighted by atomic mass is 35.5. The zero-order valence-corrected chi connectivity index (χ0v) is 21.4. The number of nitrogens with one attached hydrogen (secondary N) is 1. The number of amides is 1. The van der Waals surface area contributed by atoms with Crippen LogP contribution in [0.15, 0.2) is 53.6 Å². The van der Waals surface area contributed by atoms with E-state index in [4.69, 9.17) is 27.9 Å². The van der Waals surface area contributed by atoms with Crippen LogP contribution in [0.1, 0.15) is 17.0 Å². The molecule has 0 aliphatic heterocycles. The predicted octanol–water partition coefficient (Wildman–Crippen LogP) is 4.33. The van der Waals surface area contributed by atoms with Gasteiger partial charge in [-0.2, -0.15) is 5.10 Å². The van der Waals surface area contributed by atoms with Crippen molar-refractivity contribution in [2.75, 3.05) is 24.2 Å². The van der Waals surface area contributed by atoms with Crippen molar-refractivity contribution in [3.05, 3.63) is 75.5 Å². The smallest absolute Gasteiger partial charge is 0.260 e. The SMILES string of the molecule is COc1ccc(Cl)cc1N(CC(=O)N/N=C\c1cc(C)n(-c2ccc(Cl)cc2)c1C)S(C)(=O)=O. The number of aryl methyl sites for hydroxylation is 1. The molecule has 1 amide bonds. The zero-order valence-electron chi connectivity index (χ0n) is 19.0. The first kappa shape index (κ1) is 25.6. The largest absolute Gasteiger partial charge is 0.495 e. The van der Waals surface area contributed by atoms with Crippen LogP contribution < -0.4 is 14.5 Å². The quantitative estimate of drug-likeness (QED) is 0.352. The van der Waals surface area contributed by atoms with Crippen molar-refractivity contribution < 1.29 is 17.9 Å². The van der Waals surface area contributed by atoms with Crippen LogP contribution in [0.25, 0.3) is 5.69 Å². The number of hydrazone groups is 1. The molecule has 0 saturated carbocycles. The Labute approximate surface area is 208 Å². The molecule has 0 saturated heterocycles. The first-order valence-corrected chi connectivity index (χ1v) is 12.7. The average molecular weight is 523 g/mol. The van der Waals surface area contributed by atoms with Gasteiger partial charge < -0.3 is 9.30 Å². The van der Waals surface area contributed by atoms with Crippen LogP contribution in [-0.4, -0.2) is 45.0 Å². The molecule has 8 nitrogen and oxygen atoms in total. The van der Waals surface area contributed by atoms with Crippen molar-refractivity contribution >= 4 is 51.0 Å². The van der Waals surface area contributed by atoms with Gasteiger partial charge >= 0.3 is 0 Å². The van der Waals surface area contributed by atoms with Gasteiger partial charge in [0, 0.05) is 32.7 Å². The molecule has 0 unspecified atom stereocenters. The van der Waals surface area contributed by atoms with E-state index in [0.717, 1.165) is 33.2 Å². The molecular formula is C23H24Cl2N4O4S. The highest BCUT2D eigenvalue weighted by molar-refractivity contribution is 7.92. The summed E-state index contributed by atoms with van der Waals surface area (Å²) in [4.78, 5) is 12.5. The minimum Gasteiger partial charge on any atom is -0.495 e. The summed E-state index contributed by atoms with van der Waals surface area (Å²) in [7, 11) is -2.41. The average Bonchev–Trinajstić information content (AvgIpc) is 3.05. The van der Waals surface area contributed by atoms with Gasteiger partial charge in [-0.1, -0.05) is 23.2 Å². The van der Waals surface area contributed by atoms with Crippen molar-refractivity contribution in [2.45, 2.75) is 13.8 Å². The van der Waals surface area contributed by atoms with Crippen molar-refractivity contribution in [1.29, 1.82) is 0 Å². The molecule has 1 aromatic heterocycles. The number of sulfonamides is 1. The Bertz CT molecular complexity index is 1340. The van der Waals surface area contributed by atoms with E-state index >= 15 is 0 Å². The lowest BCUT2D eigenvalue weighted by Gasteiger charge is -2.23. The number of nitrogens with zero attached hydrogens (tertiary/aromatic N) is 3. The topological polar surface area (TPSA) is 93.0 Å². The third-order valence-corrected chi connectivity index (χ3v) is 6.66. The van der Waals surface area contributed by atoms with E-state index in [1.165, 1.54) is 25.5 Å². The van der Waals surface area contributed by atoms with Gasteiger partial charge in [-0.05, 0) is 62.4 Å². The minimum atomic E-state index is -3.81. The molecule has 1 heterocycles. The van der Waals surface area contributed by atoms with Crippen LogP contribution in [0.4, 0.5) is 5.69 Å². The fourth-order valence-corrected chi connectivity index (χ4v) is 4.63. The number of carbonyl (C=O) groups excluding carboxylic acids is 1. The van der Waals surface area contributed by atoms with Gasteiger partial charge in [-0.15, -0.1) is 0 Å². The number of anilines is 1. The Morgan fingerprint density at radius 2 is 1.76 bits per heavy atom. The van der Waals surface area contributed by atoms with Crippen LogP contribution in [0.3, 0.4) is 0 Å². The van der Waals surface area contributed by atoms with Crippen LogP contribution in [0, 0.1) is 13.8 Å². The third kappa shape index (κ3) is 5.91. The molecule has 1 N–H and O–H groups in total. The fourth-order valence-electron chi connectivity index (χ4n) is 3.48. The molecule has 0 bridgehead atoms. The highest BCUT2D eigenvalue weighted by Gasteiger charge is 2.24. The summed E-state index contributed by atoms with van der Waals surface area (Å²) < 4.78 is 32.9. The van der Waals surface area contributed by atoms with Crippen LogP contribution in [-0.2, 0) is 14.8 Å². The van der Waals surface area contributed by atoms with E-state index in [9.17, 15) is 13.2 Å². The number of hydrogen-bond acceptors (Lipinski definition) is 5. The van der Waals surface area contributed by atoms with Crippen LogP contribution in [0.2, 0.25) is 10.0 Å². The highest BCUT2D eigenvalue weighted by Crippen LogP contribution is 2.32. The lowest BCUT2D eigenvalue weighted by molar-refractivity contribution is -0.119. The molecule has 0 fully saturated rings. The molecular weight excluding hydrogens is 499 g/mol. The molecule has 0 spiro atoms. The maximum atomic E-state index is 12.5. The number of aromatic nitrogens is 1. The Balaban J connectivity index is 1.78. The van der Waals surface area contributed by atoms with Gasteiger partial charge in [0.2, 0.25) is 10.0 Å². The number of ether oxygens (including phenoxy) is 1. The minimum absolute atomic E-state index is 0.156. The number of halogens is 2. The number of carbonyl (C=O) groups is 1. The number of methoxy groups -OCH3 is 1. The van der Waals surface area contributed by atoms with E-state index in [-0.39, 0.29) is 11.4 Å². The van der Waals surface area contributed by atoms with Crippen molar-refractivity contribution in [3.8, 4) is 11.4 Å². The number of hydrogen-bond donors (Lipinski definition) is 1. The summed E-state index contributed by atoms with van der Waals surface area (Å²) in [6.45, 7) is 3.39. The molecule has 34 heavy (non-hydrogen) atoms. The second-order valence-electron chi connectivity index (χ2n) is 7.52. The maximum absolute atomic E-state index is 12.5. The van der Waals surface area contributed by atoms with Crippen molar-refractivity contribution in [2.24, 2.45) is 5.10 Å². The normalized spacial score (nSPS) is 11.6. The molecule has 3 rings (SSSR count). The second kappa shape index (κ2) is 10.5. The van der Waals surface area contributed by atoms with Gasteiger partial charge in [-0.25, -0.2) is 13.8 Å². The number of rotatable bonds is 8. The van der Waals surface area contributed by atoms with E-state index in [2.05, 4.69) is 10.5 Å². The summed E-state index contributed by atoms with van der Waals surface area (Å²) >= 11 is 12.0. The molecule has 0 radical (unpaired) electrons. The Morgan fingerprint density at radius 1 is 1.12 bits per heavy atom. The van der Waals surface area contributed by atoms with Crippen molar-refractivity contribution in [3.63, 3.8) is 0 Å². The lowest BCUT2D eigenvalue weighted by atomic mass is 10.2. The van der Waals surface area contributed by atoms with E-state index in [1.54, 1.807) is 6.07 Å². The Kier molecular flexibility index (Phi) is 7.91. The van der Waals surface area contributed by atoms with Gasteiger partial charge in [0.05, 0.1) is 25.3 Å². The molecule has 0 atom stereocenters. The van der Waals surface area contributed by atoms with Crippen LogP contribution >= 0.6 is 23.2 Å². The first-order valence-electron chi connectivity index (χ1n) is 10.1. The first-order chi connectivity index (χ1) is 16.0. The standard InChI is InChI=1S/C23H24Cl2N4O4S/c1-15-11-17(16(2)29(15)20-8-5-18(24)6-9-20)13-26-27-23(30)14-28(34(4,31)32)21-12-19(25)7-10-22(21)33-3/h5-13H,14H2,1-4H3,(H,27,30)/b26-13-. The summed E-state index contributed by atoms with van der Waals surface area (Å²) in [5.74, 6) is -0.365. The molecule has 11 heteroatoms. The summed E-state index contributed by atoms with van der Waals surface area (Å²) in [5.41, 5.74) is 6.17. The molecule has 180 valence electrons. The Morgan fingerprint density at radius 3 is 2.38 bits per heavy atom. The molecule has 2 aromatic carbocycles. The summed E-state index contributed by atoms with van der Waals surface area (Å²) in [6.07, 6.45) is 2.51. The number of benzene rings is 2. The summed E-state index contributed by atoms with van der Waals surface area (Å²) in [5, 5.41) is 4.97.